The molecular weight excluding hydrogens is 156 g/mol. The number of hydrogen-bond acceptors (Lipinski definition) is 4. The van der Waals surface area contributed by atoms with Crippen LogP contribution in [0.2, 0.25) is 0 Å². The Bertz CT molecular complexity index is 166. The number of ether oxygens (including phenoxy) is 1. The molecule has 12 heavy (non-hydrogen) atoms. The Balaban J connectivity index is 2.44. The third-order valence-corrected chi connectivity index (χ3v) is 2.14. The third-order valence-electron chi connectivity index (χ3n) is 2.14. The van der Waals surface area contributed by atoms with Crippen LogP contribution in [0.3, 0.4) is 0 Å². The molecular formula is C8H16N2O2. The van der Waals surface area contributed by atoms with Crippen LogP contribution < -0.4 is 10.6 Å². The molecule has 0 aromatic carbocycles. The van der Waals surface area contributed by atoms with Crippen LogP contribution in [0, 0.1) is 0 Å². The Morgan fingerprint density at radius 2 is 2.33 bits per heavy atom. The highest BCUT2D eigenvalue weighted by molar-refractivity contribution is 5.82. The lowest BCUT2D eigenvalue weighted by Crippen LogP contribution is -2.72. The predicted octanol–water partition coefficient (Wildman–Crippen LogP) is -0.499. The van der Waals surface area contributed by atoms with E-state index in [0.29, 0.717) is 13.1 Å². The van der Waals surface area contributed by atoms with Gasteiger partial charge < -0.3 is 10.1 Å². The fraction of sp³-hybridized carbons (Fsp3) is 0.875. The summed E-state index contributed by atoms with van der Waals surface area (Å²) in [5, 5.41) is 6.26. The van der Waals surface area contributed by atoms with Gasteiger partial charge in [0.2, 0.25) is 0 Å². The van der Waals surface area contributed by atoms with Gasteiger partial charge >= 0.3 is 5.97 Å². The van der Waals surface area contributed by atoms with Crippen LogP contribution in [0.25, 0.3) is 0 Å². The molecule has 0 saturated carbocycles. The second kappa shape index (κ2) is 3.87. The highest BCUT2D eigenvalue weighted by Gasteiger charge is 2.44. The van der Waals surface area contributed by atoms with Crippen molar-refractivity contribution in [1.29, 1.82) is 0 Å². The molecule has 2 N–H and O–H groups in total. The van der Waals surface area contributed by atoms with E-state index >= 15 is 0 Å². The summed E-state index contributed by atoms with van der Waals surface area (Å²) in [5.41, 5.74) is -0.440. The second-order valence-electron chi connectivity index (χ2n) is 3.10. The third kappa shape index (κ3) is 1.59. The molecule has 70 valence electrons. The maximum absolute atomic E-state index is 11.3. The maximum atomic E-state index is 11.3. The van der Waals surface area contributed by atoms with Crippen LogP contribution >= 0.6 is 0 Å². The van der Waals surface area contributed by atoms with E-state index in [4.69, 9.17) is 4.74 Å². The lowest BCUT2D eigenvalue weighted by Gasteiger charge is -2.40. The van der Waals surface area contributed by atoms with Crippen LogP contribution in [0.5, 0.6) is 0 Å². The van der Waals surface area contributed by atoms with Gasteiger partial charge in [-0.25, -0.2) is 4.79 Å². The van der Waals surface area contributed by atoms with Gasteiger partial charge in [0.25, 0.3) is 0 Å². The Hall–Kier alpha value is -0.610. The van der Waals surface area contributed by atoms with Gasteiger partial charge in [0.05, 0.1) is 7.11 Å². The summed E-state index contributed by atoms with van der Waals surface area (Å²) in [4.78, 5) is 11.3. The van der Waals surface area contributed by atoms with E-state index in [1.54, 1.807) is 0 Å². The van der Waals surface area contributed by atoms with E-state index in [9.17, 15) is 4.79 Å². The molecule has 1 saturated heterocycles. The van der Waals surface area contributed by atoms with Gasteiger partial charge in [-0.15, -0.1) is 0 Å². The Labute approximate surface area is 72.7 Å². The summed E-state index contributed by atoms with van der Waals surface area (Å²) < 4.78 is 4.71. The minimum atomic E-state index is -0.440. The van der Waals surface area contributed by atoms with E-state index in [-0.39, 0.29) is 5.97 Å². The molecule has 4 heteroatoms. The smallest absolute Gasteiger partial charge is 0.328 e. The predicted molar refractivity (Wildman–Crippen MR) is 45.9 cm³/mol. The molecule has 1 heterocycles. The van der Waals surface area contributed by atoms with Crippen molar-refractivity contribution in [2.45, 2.75) is 18.9 Å². The van der Waals surface area contributed by atoms with E-state index in [2.05, 4.69) is 17.6 Å². The standard InChI is InChI=1S/C8H16N2O2/c1-3-4-10-8(5-9-6-8)7(11)12-2/h9-10H,3-6H2,1-2H3. The van der Waals surface area contributed by atoms with Crippen molar-refractivity contribution in [3.8, 4) is 0 Å². The number of methoxy groups -OCH3 is 1. The van der Waals surface area contributed by atoms with Crippen LogP contribution in [0.15, 0.2) is 0 Å². The number of esters is 1. The Kier molecular flexibility index (Phi) is 3.05. The van der Waals surface area contributed by atoms with Gasteiger partial charge in [-0.2, -0.15) is 0 Å². The number of nitrogens with one attached hydrogen (secondary N) is 2. The van der Waals surface area contributed by atoms with Gasteiger partial charge in [-0.05, 0) is 13.0 Å². The van der Waals surface area contributed by atoms with Crippen LogP contribution in [0.1, 0.15) is 13.3 Å². The molecule has 0 unspecified atom stereocenters. The van der Waals surface area contributed by atoms with Crippen molar-refractivity contribution in [1.82, 2.24) is 10.6 Å². The van der Waals surface area contributed by atoms with Gasteiger partial charge in [0, 0.05) is 13.1 Å². The molecule has 1 fully saturated rings. The first-order valence-corrected chi connectivity index (χ1v) is 4.29. The summed E-state index contributed by atoms with van der Waals surface area (Å²) in [6.45, 7) is 4.29. The highest BCUT2D eigenvalue weighted by atomic mass is 16.5. The summed E-state index contributed by atoms with van der Waals surface area (Å²) in [5.74, 6) is -0.158. The second-order valence-corrected chi connectivity index (χ2v) is 3.10. The van der Waals surface area contributed by atoms with Crippen molar-refractivity contribution < 1.29 is 9.53 Å². The average molecular weight is 172 g/mol. The zero-order valence-corrected chi connectivity index (χ0v) is 7.64. The minimum absolute atomic E-state index is 0.158. The van der Waals surface area contributed by atoms with Crippen LogP contribution in [0.4, 0.5) is 0 Å². The van der Waals surface area contributed by atoms with E-state index in [1.807, 2.05) is 0 Å². The zero-order chi connectivity index (χ0) is 9.03. The maximum Gasteiger partial charge on any atom is 0.328 e. The molecule has 0 spiro atoms. The quantitative estimate of drug-likeness (QED) is 0.561. The van der Waals surface area contributed by atoms with Crippen LogP contribution in [-0.4, -0.2) is 38.3 Å². The lowest BCUT2D eigenvalue weighted by atomic mass is 9.92. The molecule has 1 rings (SSSR count). The highest BCUT2D eigenvalue weighted by Crippen LogP contribution is 2.12. The number of hydrogen-bond donors (Lipinski definition) is 2. The van der Waals surface area contributed by atoms with Crippen molar-refractivity contribution in [2.75, 3.05) is 26.7 Å². The molecule has 0 bridgehead atoms. The first-order valence-electron chi connectivity index (χ1n) is 4.29. The molecule has 4 nitrogen and oxygen atoms in total. The topological polar surface area (TPSA) is 50.4 Å². The molecule has 0 aliphatic carbocycles. The monoisotopic (exact) mass is 172 g/mol. The SMILES string of the molecule is CCCNC1(C(=O)OC)CNC1. The fourth-order valence-corrected chi connectivity index (χ4v) is 1.28. The van der Waals surface area contributed by atoms with Gasteiger partial charge in [0.15, 0.2) is 0 Å². The molecule has 0 radical (unpaired) electrons. The van der Waals surface area contributed by atoms with Crippen molar-refractivity contribution in [2.24, 2.45) is 0 Å². The largest absolute Gasteiger partial charge is 0.468 e. The lowest BCUT2D eigenvalue weighted by molar-refractivity contribution is -0.151. The summed E-state index contributed by atoms with van der Waals surface area (Å²) in [6.07, 6.45) is 1.03. The average Bonchev–Trinajstić information content (AvgIpc) is 2.02. The molecule has 0 aromatic rings. The number of rotatable bonds is 4. The Morgan fingerprint density at radius 1 is 1.67 bits per heavy atom. The first kappa shape index (κ1) is 9.48. The summed E-state index contributed by atoms with van der Waals surface area (Å²) >= 11 is 0. The fourth-order valence-electron chi connectivity index (χ4n) is 1.28. The molecule has 0 atom stereocenters. The van der Waals surface area contributed by atoms with Crippen molar-refractivity contribution in [3.63, 3.8) is 0 Å². The normalized spacial score (nSPS) is 19.8. The van der Waals surface area contributed by atoms with Gasteiger partial charge in [-0.3, -0.25) is 5.32 Å². The zero-order valence-electron chi connectivity index (χ0n) is 7.64. The number of carbonyl (C=O) groups excluding carboxylic acids is 1. The van der Waals surface area contributed by atoms with Gasteiger partial charge in [0.1, 0.15) is 5.54 Å². The number of carbonyl (C=O) groups is 1. The summed E-state index contributed by atoms with van der Waals surface area (Å²) in [7, 11) is 1.43. The van der Waals surface area contributed by atoms with E-state index in [0.717, 1.165) is 13.0 Å². The van der Waals surface area contributed by atoms with E-state index < -0.39 is 5.54 Å². The van der Waals surface area contributed by atoms with E-state index in [1.165, 1.54) is 7.11 Å². The minimum Gasteiger partial charge on any atom is -0.468 e. The van der Waals surface area contributed by atoms with Crippen LogP contribution in [-0.2, 0) is 9.53 Å². The van der Waals surface area contributed by atoms with Crippen molar-refractivity contribution in [3.05, 3.63) is 0 Å². The molecule has 0 aromatic heterocycles. The molecule has 1 aliphatic rings. The summed E-state index contributed by atoms with van der Waals surface area (Å²) in [6, 6.07) is 0. The Morgan fingerprint density at radius 3 is 2.67 bits per heavy atom. The first-order chi connectivity index (χ1) is 5.75. The molecule has 1 aliphatic heterocycles. The molecule has 0 amide bonds. The van der Waals surface area contributed by atoms with Gasteiger partial charge in [-0.1, -0.05) is 6.92 Å². The van der Waals surface area contributed by atoms with Crippen molar-refractivity contribution >= 4 is 5.97 Å².